The molecule has 1 aliphatic carbocycles. The Kier molecular flexibility index (Phi) is 2.94. The Morgan fingerprint density at radius 1 is 1.35 bits per heavy atom. The Morgan fingerprint density at radius 3 is 2.53 bits per heavy atom. The fourth-order valence-electron chi connectivity index (χ4n) is 2.01. The van der Waals surface area contributed by atoms with Crippen LogP contribution in [0.4, 0.5) is 0 Å². The molecule has 0 N–H and O–H groups in total. The number of fused-ring (bicyclic) bond motifs is 1. The Morgan fingerprint density at radius 2 is 2.00 bits per heavy atom. The van der Waals surface area contributed by atoms with Gasteiger partial charge in [-0.2, -0.15) is 0 Å². The minimum Gasteiger partial charge on any atom is -0.289 e. The third-order valence-electron chi connectivity index (χ3n) is 2.75. The van der Waals surface area contributed by atoms with Crippen LogP contribution in [-0.4, -0.2) is 5.78 Å². The van der Waals surface area contributed by atoms with Crippen LogP contribution in [-0.2, 0) is 0 Å². The first kappa shape index (κ1) is 12.1. The highest BCUT2D eigenvalue weighted by Gasteiger charge is 2.34. The zero-order chi connectivity index (χ0) is 12.7. The number of allylic oxidation sites excluding steroid dienone is 4. The molecule has 86 valence electrons. The number of carbonyl (C=O) groups is 1. The second kappa shape index (κ2) is 4.14. The fraction of sp³-hybridized carbons (Fsp3) is 0.231. The van der Waals surface area contributed by atoms with Crippen molar-refractivity contribution in [2.75, 3.05) is 0 Å². The largest absolute Gasteiger partial charge is 0.289 e. The molecule has 0 fully saturated rings. The van der Waals surface area contributed by atoms with Crippen molar-refractivity contribution in [2.24, 2.45) is 0 Å². The van der Waals surface area contributed by atoms with E-state index in [-0.39, 0.29) is 5.78 Å². The van der Waals surface area contributed by atoms with Gasteiger partial charge in [-0.3, -0.25) is 4.79 Å². The summed E-state index contributed by atoms with van der Waals surface area (Å²) in [5, 5.41) is 1.86. The first-order chi connectivity index (χ1) is 7.99. The third kappa shape index (κ3) is 1.65. The lowest BCUT2D eigenvalue weighted by molar-refractivity contribution is 0.104. The number of hydrogen-bond acceptors (Lipinski definition) is 2. The van der Waals surface area contributed by atoms with Crippen molar-refractivity contribution in [3.63, 3.8) is 0 Å². The van der Waals surface area contributed by atoms with Gasteiger partial charge in [-0.05, 0) is 37.3 Å². The van der Waals surface area contributed by atoms with Crippen molar-refractivity contribution in [1.82, 2.24) is 0 Å². The average molecular weight is 264 g/mol. The summed E-state index contributed by atoms with van der Waals surface area (Å²) in [7, 11) is 0. The quantitative estimate of drug-likeness (QED) is 0.496. The number of thiophene rings is 1. The molecule has 0 atom stereocenters. The summed E-state index contributed by atoms with van der Waals surface area (Å²) in [5.74, 6) is -0.0516. The molecule has 1 aromatic rings. The second-order valence-corrected chi connectivity index (χ2v) is 5.56. The lowest BCUT2D eigenvalue weighted by Gasteiger charge is -2.04. The normalized spacial score (nSPS) is 16.9. The molecule has 0 radical (unpaired) electrons. The number of nitrogens with zero attached hydrogens (tertiary/aromatic N) is 1. The van der Waals surface area contributed by atoms with Crippen LogP contribution in [0.5, 0.6) is 0 Å². The van der Waals surface area contributed by atoms with Crippen molar-refractivity contribution in [1.29, 1.82) is 0 Å². The second-order valence-electron chi connectivity index (χ2n) is 4.07. The summed E-state index contributed by atoms with van der Waals surface area (Å²) in [6, 6.07) is 0. The Bertz CT molecular complexity index is 624. The summed E-state index contributed by atoms with van der Waals surface area (Å²) in [6.07, 6.45) is 0. The Hall–Kier alpha value is -1.37. The van der Waals surface area contributed by atoms with E-state index in [4.69, 9.17) is 18.2 Å². The van der Waals surface area contributed by atoms with Gasteiger partial charge in [0.15, 0.2) is 11.5 Å². The van der Waals surface area contributed by atoms with E-state index in [2.05, 4.69) is 4.85 Å². The van der Waals surface area contributed by atoms with Gasteiger partial charge >= 0.3 is 0 Å². The third-order valence-corrected chi connectivity index (χ3v) is 3.97. The van der Waals surface area contributed by atoms with Crippen LogP contribution < -0.4 is 0 Å². The maximum Gasteiger partial charge on any atom is 0.195 e. The highest BCUT2D eigenvalue weighted by atomic mass is 35.5. The topological polar surface area (TPSA) is 21.4 Å². The zero-order valence-corrected chi connectivity index (χ0v) is 11.3. The van der Waals surface area contributed by atoms with Gasteiger partial charge in [0.2, 0.25) is 0 Å². The molecule has 4 heteroatoms. The van der Waals surface area contributed by atoms with Gasteiger partial charge in [0, 0.05) is 5.57 Å². The molecule has 0 saturated heterocycles. The number of carbonyl (C=O) groups excluding carboxylic acids is 1. The molecule has 0 spiro atoms. The van der Waals surface area contributed by atoms with Gasteiger partial charge < -0.3 is 0 Å². The summed E-state index contributed by atoms with van der Waals surface area (Å²) in [4.78, 5) is 15.7. The van der Waals surface area contributed by atoms with E-state index < -0.39 is 0 Å². The van der Waals surface area contributed by atoms with E-state index in [0.29, 0.717) is 21.2 Å². The highest BCUT2D eigenvalue weighted by molar-refractivity contribution is 7.15. The van der Waals surface area contributed by atoms with Gasteiger partial charge in [-0.15, -0.1) is 11.3 Å². The minimum absolute atomic E-state index is 0.0516. The molecule has 0 amide bonds. The number of Topliss-reactive ketones (excluding diaryl/α,β-unsaturated/α-hetero) is 1. The standard InChI is InChI=1S/C13H10ClNOS/c1-6(2)9-10(7(3)15-4)8-5-17-13(14)11(8)12(9)16/h5H,1-3H3/b10-7+. The smallest absolute Gasteiger partial charge is 0.195 e. The molecule has 1 heterocycles. The molecule has 0 saturated carbocycles. The molecule has 0 unspecified atom stereocenters. The van der Waals surface area contributed by atoms with Gasteiger partial charge in [0.1, 0.15) is 4.34 Å². The maximum atomic E-state index is 12.3. The van der Waals surface area contributed by atoms with E-state index >= 15 is 0 Å². The van der Waals surface area contributed by atoms with Gasteiger partial charge in [-0.25, -0.2) is 4.85 Å². The molecule has 1 aromatic heterocycles. The number of halogens is 1. The van der Waals surface area contributed by atoms with Crippen LogP contribution in [0.1, 0.15) is 36.7 Å². The van der Waals surface area contributed by atoms with Crippen molar-refractivity contribution in [3.8, 4) is 0 Å². The predicted octanol–water partition coefficient (Wildman–Crippen LogP) is 4.58. The summed E-state index contributed by atoms with van der Waals surface area (Å²) >= 11 is 7.38. The van der Waals surface area contributed by atoms with Gasteiger partial charge in [0.05, 0.1) is 12.1 Å². The van der Waals surface area contributed by atoms with E-state index in [1.54, 1.807) is 6.92 Å². The van der Waals surface area contributed by atoms with Crippen LogP contribution in [0.2, 0.25) is 4.34 Å². The van der Waals surface area contributed by atoms with Crippen LogP contribution in [0.3, 0.4) is 0 Å². The van der Waals surface area contributed by atoms with Crippen molar-refractivity contribution < 1.29 is 4.79 Å². The van der Waals surface area contributed by atoms with E-state index in [1.165, 1.54) is 11.3 Å². The van der Waals surface area contributed by atoms with E-state index in [1.807, 2.05) is 19.2 Å². The Balaban J connectivity index is 2.87. The van der Waals surface area contributed by atoms with E-state index in [0.717, 1.165) is 16.7 Å². The zero-order valence-electron chi connectivity index (χ0n) is 9.72. The SMILES string of the molecule is [C-]#[N+]/C(C)=C1/C(=C(C)C)C(=O)c2c1csc2Cl. The molecule has 0 aromatic carbocycles. The molecular formula is C13H10ClNOS. The monoisotopic (exact) mass is 263 g/mol. The molecule has 17 heavy (non-hydrogen) atoms. The molecular weight excluding hydrogens is 254 g/mol. The molecule has 0 aliphatic heterocycles. The molecule has 0 bridgehead atoms. The highest BCUT2D eigenvalue weighted by Crippen LogP contribution is 2.46. The van der Waals surface area contributed by atoms with Gasteiger partial charge in [0.25, 0.3) is 0 Å². The van der Waals surface area contributed by atoms with Gasteiger partial charge in [-0.1, -0.05) is 17.2 Å². The van der Waals surface area contributed by atoms with Crippen LogP contribution in [0.25, 0.3) is 10.4 Å². The first-order valence-electron chi connectivity index (χ1n) is 5.07. The van der Waals surface area contributed by atoms with Crippen molar-refractivity contribution in [2.45, 2.75) is 20.8 Å². The van der Waals surface area contributed by atoms with Crippen LogP contribution in [0, 0.1) is 6.57 Å². The first-order valence-corrected chi connectivity index (χ1v) is 6.33. The van der Waals surface area contributed by atoms with Crippen LogP contribution in [0.15, 0.2) is 22.2 Å². The van der Waals surface area contributed by atoms with E-state index in [9.17, 15) is 4.79 Å². The summed E-state index contributed by atoms with van der Waals surface area (Å²) < 4.78 is 0.511. The number of rotatable bonds is 0. The minimum atomic E-state index is -0.0516. The lowest BCUT2D eigenvalue weighted by atomic mass is 10.0. The Labute approximate surface area is 109 Å². The van der Waals surface area contributed by atoms with Crippen molar-refractivity contribution in [3.05, 3.63) is 49.1 Å². The molecule has 2 rings (SSSR count). The molecule has 1 aliphatic rings. The molecule has 2 nitrogen and oxygen atoms in total. The summed E-state index contributed by atoms with van der Waals surface area (Å²) in [6.45, 7) is 12.6. The summed E-state index contributed by atoms with van der Waals surface area (Å²) in [5.41, 5.74) is 4.23. The number of ketones is 1. The average Bonchev–Trinajstić information content (AvgIpc) is 2.78. The lowest BCUT2D eigenvalue weighted by Crippen LogP contribution is -1.97. The van der Waals surface area contributed by atoms with Crippen LogP contribution >= 0.6 is 22.9 Å². The maximum absolute atomic E-state index is 12.3. The number of hydrogen-bond donors (Lipinski definition) is 0. The fourth-order valence-corrected chi connectivity index (χ4v) is 3.11. The van der Waals surface area contributed by atoms with Crippen molar-refractivity contribution >= 4 is 34.3 Å². The predicted molar refractivity (Wildman–Crippen MR) is 71.2 cm³/mol.